The summed E-state index contributed by atoms with van der Waals surface area (Å²) in [6.45, 7) is 0.310. The summed E-state index contributed by atoms with van der Waals surface area (Å²) in [4.78, 5) is 16.5. The van der Waals surface area contributed by atoms with Gasteiger partial charge in [0.25, 0.3) is 15.9 Å². The number of pyridine rings is 1. The molecule has 0 unspecified atom stereocenters. The molecule has 3 aromatic rings. The summed E-state index contributed by atoms with van der Waals surface area (Å²) in [5, 5.41) is 0. The lowest BCUT2D eigenvalue weighted by Crippen LogP contribution is -2.31. The van der Waals surface area contributed by atoms with Crippen molar-refractivity contribution >= 4 is 15.9 Å². The number of hydrogen-bond donors (Lipinski definition) is 1. The number of benzene rings is 2. The molecular formula is C20H18N2O4S. The normalized spacial score (nSPS) is 11.1. The average Bonchev–Trinajstić information content (AvgIpc) is 2.69. The lowest BCUT2D eigenvalue weighted by Gasteiger charge is -2.12. The van der Waals surface area contributed by atoms with Crippen molar-refractivity contribution in [2.75, 3.05) is 7.11 Å². The number of amides is 1. The van der Waals surface area contributed by atoms with Crippen molar-refractivity contribution in [3.8, 4) is 11.1 Å². The minimum Gasteiger partial charge on any atom is -0.378 e. The number of ether oxygens (including phenoxy) is 1. The predicted molar refractivity (Wildman–Crippen MR) is 101 cm³/mol. The van der Waals surface area contributed by atoms with Crippen LogP contribution >= 0.6 is 0 Å². The quantitative estimate of drug-likeness (QED) is 0.708. The fraction of sp³-hybridized carbons (Fsp3) is 0.100. The van der Waals surface area contributed by atoms with E-state index in [0.29, 0.717) is 17.9 Å². The zero-order valence-electron chi connectivity index (χ0n) is 14.6. The second kappa shape index (κ2) is 8.11. The van der Waals surface area contributed by atoms with Crippen molar-refractivity contribution in [1.29, 1.82) is 0 Å². The minimum atomic E-state index is -4.06. The number of hydrogen-bond acceptors (Lipinski definition) is 5. The fourth-order valence-corrected chi connectivity index (χ4v) is 3.79. The maximum absolute atomic E-state index is 12.8. The van der Waals surface area contributed by atoms with Gasteiger partial charge in [-0.2, -0.15) is 0 Å². The van der Waals surface area contributed by atoms with Gasteiger partial charge in [0.1, 0.15) is 0 Å². The SMILES string of the molecule is COCc1ccc(C(=O)NS(=O)(=O)c2ccccc2-c2ccccc2)cn1. The minimum absolute atomic E-state index is 0.0357. The standard InChI is InChI=1S/C20H18N2O4S/c1-26-14-17-12-11-16(13-21-17)20(23)22-27(24,25)19-10-6-5-9-18(19)15-7-3-2-4-8-15/h2-13H,14H2,1H3,(H,22,23). The number of rotatable bonds is 6. The largest absolute Gasteiger partial charge is 0.378 e. The van der Waals surface area contributed by atoms with Crippen LogP contribution in [0.4, 0.5) is 0 Å². The van der Waals surface area contributed by atoms with Gasteiger partial charge in [-0.15, -0.1) is 0 Å². The van der Waals surface area contributed by atoms with Crippen LogP contribution < -0.4 is 4.72 Å². The van der Waals surface area contributed by atoms with Crippen LogP contribution in [0.2, 0.25) is 0 Å². The molecule has 0 aliphatic heterocycles. The Morgan fingerprint density at radius 2 is 1.70 bits per heavy atom. The Labute approximate surface area is 157 Å². The van der Waals surface area contributed by atoms with E-state index in [2.05, 4.69) is 9.71 Å². The number of carbonyl (C=O) groups is 1. The summed E-state index contributed by atoms with van der Waals surface area (Å²) in [5.74, 6) is -0.741. The number of aromatic nitrogens is 1. The van der Waals surface area contributed by atoms with Gasteiger partial charge in [0.05, 0.1) is 22.8 Å². The number of methoxy groups -OCH3 is 1. The highest BCUT2D eigenvalue weighted by atomic mass is 32.2. The molecule has 0 aliphatic carbocycles. The average molecular weight is 382 g/mol. The maximum Gasteiger partial charge on any atom is 0.266 e. The first-order chi connectivity index (χ1) is 13.0. The highest BCUT2D eigenvalue weighted by Gasteiger charge is 2.22. The van der Waals surface area contributed by atoms with Crippen molar-refractivity contribution in [3.05, 3.63) is 84.2 Å². The number of nitrogens with one attached hydrogen (secondary N) is 1. The Kier molecular flexibility index (Phi) is 5.63. The third-order valence-electron chi connectivity index (χ3n) is 3.87. The van der Waals surface area contributed by atoms with Gasteiger partial charge in [-0.3, -0.25) is 9.78 Å². The molecule has 2 aromatic carbocycles. The number of sulfonamides is 1. The van der Waals surface area contributed by atoms with Crippen LogP contribution in [0.15, 0.2) is 77.8 Å². The third-order valence-corrected chi connectivity index (χ3v) is 5.26. The zero-order valence-corrected chi connectivity index (χ0v) is 15.4. The van der Waals surface area contributed by atoms with Crippen LogP contribution in [0, 0.1) is 0 Å². The number of nitrogens with zero attached hydrogens (tertiary/aromatic N) is 1. The fourth-order valence-electron chi connectivity index (χ4n) is 2.59. The molecule has 1 amide bonds. The maximum atomic E-state index is 12.8. The molecule has 1 N–H and O–H groups in total. The van der Waals surface area contributed by atoms with E-state index in [4.69, 9.17) is 4.74 Å². The van der Waals surface area contributed by atoms with Crippen LogP contribution in [-0.2, 0) is 21.4 Å². The van der Waals surface area contributed by atoms with Crippen molar-refractivity contribution < 1.29 is 17.9 Å². The van der Waals surface area contributed by atoms with Crippen LogP contribution in [0.3, 0.4) is 0 Å². The molecule has 0 atom stereocenters. The van der Waals surface area contributed by atoms with E-state index < -0.39 is 15.9 Å². The molecule has 0 aliphatic rings. The molecule has 27 heavy (non-hydrogen) atoms. The zero-order chi connectivity index (χ0) is 19.3. The van der Waals surface area contributed by atoms with Gasteiger partial charge in [-0.1, -0.05) is 48.5 Å². The van der Waals surface area contributed by atoms with Crippen LogP contribution in [-0.4, -0.2) is 26.4 Å². The summed E-state index contributed by atoms with van der Waals surface area (Å²) in [7, 11) is -2.52. The number of carbonyl (C=O) groups excluding carboxylic acids is 1. The summed E-state index contributed by atoms with van der Waals surface area (Å²) in [6.07, 6.45) is 1.32. The second-order valence-corrected chi connectivity index (χ2v) is 7.42. The molecule has 6 nitrogen and oxygen atoms in total. The Morgan fingerprint density at radius 3 is 2.37 bits per heavy atom. The Balaban J connectivity index is 1.88. The van der Waals surface area contributed by atoms with E-state index in [-0.39, 0.29) is 10.5 Å². The molecule has 138 valence electrons. The van der Waals surface area contributed by atoms with E-state index in [1.165, 1.54) is 18.3 Å². The molecule has 1 aromatic heterocycles. The Morgan fingerprint density at radius 1 is 1.00 bits per heavy atom. The molecule has 1 heterocycles. The molecule has 3 rings (SSSR count). The first-order valence-electron chi connectivity index (χ1n) is 8.17. The third kappa shape index (κ3) is 4.39. The van der Waals surface area contributed by atoms with Gasteiger partial charge >= 0.3 is 0 Å². The first-order valence-corrected chi connectivity index (χ1v) is 9.65. The van der Waals surface area contributed by atoms with Crippen molar-refractivity contribution in [2.24, 2.45) is 0 Å². The lowest BCUT2D eigenvalue weighted by molar-refractivity contribution is 0.0981. The van der Waals surface area contributed by atoms with E-state index in [1.807, 2.05) is 30.3 Å². The van der Waals surface area contributed by atoms with E-state index in [0.717, 1.165) is 5.56 Å². The van der Waals surface area contributed by atoms with E-state index in [1.54, 1.807) is 31.4 Å². The van der Waals surface area contributed by atoms with Crippen LogP contribution in [0.25, 0.3) is 11.1 Å². The van der Waals surface area contributed by atoms with Crippen LogP contribution in [0.1, 0.15) is 16.1 Å². The van der Waals surface area contributed by atoms with Gasteiger partial charge in [-0.25, -0.2) is 13.1 Å². The van der Waals surface area contributed by atoms with Crippen LogP contribution in [0.5, 0.6) is 0 Å². The highest BCUT2D eigenvalue weighted by molar-refractivity contribution is 7.90. The topological polar surface area (TPSA) is 85.4 Å². The molecule has 0 fully saturated rings. The second-order valence-electron chi connectivity index (χ2n) is 5.77. The summed E-state index contributed by atoms with van der Waals surface area (Å²) >= 11 is 0. The first kappa shape index (κ1) is 18.8. The van der Waals surface area contributed by atoms with Gasteiger partial charge in [0, 0.05) is 18.9 Å². The monoisotopic (exact) mass is 382 g/mol. The van der Waals surface area contributed by atoms with Gasteiger partial charge < -0.3 is 4.74 Å². The summed E-state index contributed by atoms with van der Waals surface area (Å²) in [5.41, 5.74) is 2.06. The van der Waals surface area contributed by atoms with E-state index >= 15 is 0 Å². The van der Waals surface area contributed by atoms with Crippen molar-refractivity contribution in [3.63, 3.8) is 0 Å². The summed E-state index contributed by atoms with van der Waals surface area (Å²) < 4.78 is 32.7. The van der Waals surface area contributed by atoms with Crippen molar-refractivity contribution in [2.45, 2.75) is 11.5 Å². The molecule has 0 saturated carbocycles. The van der Waals surface area contributed by atoms with Gasteiger partial charge in [-0.05, 0) is 23.8 Å². The smallest absolute Gasteiger partial charge is 0.266 e. The lowest BCUT2D eigenvalue weighted by atomic mass is 10.1. The Hall–Kier alpha value is -3.03. The van der Waals surface area contributed by atoms with Crippen molar-refractivity contribution in [1.82, 2.24) is 9.71 Å². The highest BCUT2D eigenvalue weighted by Crippen LogP contribution is 2.27. The molecular weight excluding hydrogens is 364 g/mol. The van der Waals surface area contributed by atoms with Gasteiger partial charge in [0.15, 0.2) is 0 Å². The van der Waals surface area contributed by atoms with E-state index in [9.17, 15) is 13.2 Å². The molecule has 0 saturated heterocycles. The Bertz CT molecular complexity index is 1030. The summed E-state index contributed by atoms with van der Waals surface area (Å²) in [6, 6.07) is 18.8. The van der Waals surface area contributed by atoms with Gasteiger partial charge in [0.2, 0.25) is 0 Å². The molecule has 0 bridgehead atoms. The predicted octanol–water partition coefficient (Wildman–Crippen LogP) is 3.01. The molecule has 0 spiro atoms. The molecule has 7 heteroatoms. The molecule has 0 radical (unpaired) electrons.